The van der Waals surface area contributed by atoms with Gasteiger partial charge in [0.05, 0.1) is 11.9 Å². The summed E-state index contributed by atoms with van der Waals surface area (Å²) in [6.45, 7) is 2.19. The summed E-state index contributed by atoms with van der Waals surface area (Å²) < 4.78 is 0. The molecule has 2 rings (SSSR count). The SMILES string of the molecule is CCC(CC1CC1)Nc1ncncc1N. The highest BCUT2D eigenvalue weighted by Gasteiger charge is 2.24. The van der Waals surface area contributed by atoms with E-state index in [1.807, 2.05) is 0 Å². The average molecular weight is 206 g/mol. The van der Waals surface area contributed by atoms with Gasteiger partial charge in [-0.25, -0.2) is 9.97 Å². The second-order valence-electron chi connectivity index (χ2n) is 4.26. The van der Waals surface area contributed by atoms with Crippen molar-refractivity contribution in [1.82, 2.24) is 9.97 Å². The molecule has 4 heteroatoms. The molecule has 1 aliphatic rings. The molecule has 0 spiro atoms. The van der Waals surface area contributed by atoms with Crippen LogP contribution in [-0.2, 0) is 0 Å². The lowest BCUT2D eigenvalue weighted by Gasteiger charge is -2.17. The molecule has 0 radical (unpaired) electrons. The van der Waals surface area contributed by atoms with Gasteiger partial charge in [0.15, 0.2) is 5.82 Å². The Kier molecular flexibility index (Phi) is 3.04. The van der Waals surface area contributed by atoms with E-state index in [0.29, 0.717) is 11.7 Å². The molecule has 0 aliphatic heterocycles. The van der Waals surface area contributed by atoms with Crippen LogP contribution in [0.3, 0.4) is 0 Å². The topological polar surface area (TPSA) is 63.8 Å². The third-order valence-corrected chi connectivity index (χ3v) is 2.89. The fourth-order valence-corrected chi connectivity index (χ4v) is 1.74. The lowest BCUT2D eigenvalue weighted by Crippen LogP contribution is -2.20. The van der Waals surface area contributed by atoms with Crippen LogP contribution >= 0.6 is 0 Å². The first-order valence-electron chi connectivity index (χ1n) is 5.61. The van der Waals surface area contributed by atoms with Crippen LogP contribution in [0.1, 0.15) is 32.6 Å². The molecule has 1 aromatic heterocycles. The molecular weight excluding hydrogens is 188 g/mol. The Morgan fingerprint density at radius 3 is 3.00 bits per heavy atom. The molecule has 1 aliphatic carbocycles. The largest absolute Gasteiger partial charge is 0.394 e. The average Bonchev–Trinajstić information content (AvgIpc) is 3.04. The highest BCUT2D eigenvalue weighted by Crippen LogP contribution is 2.34. The molecule has 0 amide bonds. The van der Waals surface area contributed by atoms with E-state index in [9.17, 15) is 0 Å². The van der Waals surface area contributed by atoms with E-state index in [-0.39, 0.29) is 0 Å². The fraction of sp³-hybridized carbons (Fsp3) is 0.636. The van der Waals surface area contributed by atoms with E-state index in [0.717, 1.165) is 18.2 Å². The Hall–Kier alpha value is -1.32. The van der Waals surface area contributed by atoms with Gasteiger partial charge in [-0.3, -0.25) is 0 Å². The summed E-state index contributed by atoms with van der Waals surface area (Å²) in [5.41, 5.74) is 6.41. The van der Waals surface area contributed by atoms with Gasteiger partial charge in [0, 0.05) is 6.04 Å². The van der Waals surface area contributed by atoms with Crippen molar-refractivity contribution in [2.45, 2.75) is 38.6 Å². The fourth-order valence-electron chi connectivity index (χ4n) is 1.74. The molecule has 1 fully saturated rings. The highest BCUT2D eigenvalue weighted by molar-refractivity contribution is 5.59. The van der Waals surface area contributed by atoms with Crippen molar-refractivity contribution in [2.24, 2.45) is 5.92 Å². The van der Waals surface area contributed by atoms with Gasteiger partial charge < -0.3 is 11.1 Å². The first-order chi connectivity index (χ1) is 7.29. The minimum Gasteiger partial charge on any atom is -0.394 e. The molecule has 1 aromatic rings. The number of hydrogen-bond donors (Lipinski definition) is 2. The van der Waals surface area contributed by atoms with E-state index in [2.05, 4.69) is 22.2 Å². The molecule has 0 saturated heterocycles. The molecule has 82 valence electrons. The van der Waals surface area contributed by atoms with Crippen molar-refractivity contribution in [2.75, 3.05) is 11.1 Å². The summed E-state index contributed by atoms with van der Waals surface area (Å²) >= 11 is 0. The number of rotatable bonds is 5. The zero-order valence-electron chi connectivity index (χ0n) is 9.11. The van der Waals surface area contributed by atoms with E-state index >= 15 is 0 Å². The first-order valence-corrected chi connectivity index (χ1v) is 5.61. The lowest BCUT2D eigenvalue weighted by molar-refractivity contribution is 0.585. The van der Waals surface area contributed by atoms with E-state index in [4.69, 9.17) is 5.73 Å². The van der Waals surface area contributed by atoms with Crippen LogP contribution in [0.4, 0.5) is 11.5 Å². The van der Waals surface area contributed by atoms with Gasteiger partial charge >= 0.3 is 0 Å². The van der Waals surface area contributed by atoms with E-state index in [1.54, 1.807) is 6.20 Å². The Bertz CT molecular complexity index is 322. The first kappa shape index (κ1) is 10.2. The van der Waals surface area contributed by atoms with Crippen LogP contribution < -0.4 is 11.1 Å². The highest BCUT2D eigenvalue weighted by atomic mass is 15.1. The van der Waals surface area contributed by atoms with Crippen molar-refractivity contribution >= 4 is 11.5 Å². The second-order valence-corrected chi connectivity index (χ2v) is 4.26. The Labute approximate surface area is 90.3 Å². The summed E-state index contributed by atoms with van der Waals surface area (Å²) in [6, 6.07) is 0.495. The zero-order chi connectivity index (χ0) is 10.7. The smallest absolute Gasteiger partial charge is 0.152 e. The maximum atomic E-state index is 5.78. The number of aromatic nitrogens is 2. The van der Waals surface area contributed by atoms with Crippen molar-refractivity contribution in [3.63, 3.8) is 0 Å². The van der Waals surface area contributed by atoms with Crippen LogP contribution in [0, 0.1) is 5.92 Å². The second kappa shape index (κ2) is 4.47. The van der Waals surface area contributed by atoms with Crippen LogP contribution in [-0.4, -0.2) is 16.0 Å². The molecule has 1 unspecified atom stereocenters. The summed E-state index contributed by atoms with van der Waals surface area (Å²) in [6.07, 6.45) is 8.29. The number of nitrogens with zero attached hydrogens (tertiary/aromatic N) is 2. The van der Waals surface area contributed by atoms with E-state index in [1.165, 1.54) is 25.6 Å². The van der Waals surface area contributed by atoms with Crippen molar-refractivity contribution in [1.29, 1.82) is 0 Å². The number of nitrogens with two attached hydrogens (primary N) is 1. The van der Waals surface area contributed by atoms with Gasteiger partial charge in [0.25, 0.3) is 0 Å². The quantitative estimate of drug-likeness (QED) is 0.774. The number of anilines is 2. The molecule has 1 heterocycles. The number of hydrogen-bond acceptors (Lipinski definition) is 4. The molecule has 1 saturated carbocycles. The number of nitrogen functional groups attached to an aromatic ring is 1. The van der Waals surface area contributed by atoms with Crippen molar-refractivity contribution < 1.29 is 0 Å². The minimum absolute atomic E-state index is 0.495. The normalized spacial score (nSPS) is 17.4. The Morgan fingerprint density at radius 1 is 1.60 bits per heavy atom. The van der Waals surface area contributed by atoms with Gasteiger partial charge in [-0.05, 0) is 18.8 Å². The molecule has 0 bridgehead atoms. The molecule has 15 heavy (non-hydrogen) atoms. The van der Waals surface area contributed by atoms with Crippen LogP contribution in [0.15, 0.2) is 12.5 Å². The zero-order valence-corrected chi connectivity index (χ0v) is 9.11. The Morgan fingerprint density at radius 2 is 2.40 bits per heavy atom. The molecular formula is C11H18N4. The van der Waals surface area contributed by atoms with Crippen molar-refractivity contribution in [3.8, 4) is 0 Å². The molecule has 0 aromatic carbocycles. The summed E-state index contributed by atoms with van der Waals surface area (Å²) in [7, 11) is 0. The van der Waals surface area contributed by atoms with Gasteiger partial charge in [0.2, 0.25) is 0 Å². The van der Waals surface area contributed by atoms with Gasteiger partial charge in [-0.15, -0.1) is 0 Å². The summed E-state index contributed by atoms with van der Waals surface area (Å²) in [4.78, 5) is 8.02. The monoisotopic (exact) mass is 206 g/mol. The molecule has 4 nitrogen and oxygen atoms in total. The van der Waals surface area contributed by atoms with Gasteiger partial charge in [-0.2, -0.15) is 0 Å². The van der Waals surface area contributed by atoms with Crippen LogP contribution in [0.25, 0.3) is 0 Å². The third-order valence-electron chi connectivity index (χ3n) is 2.89. The molecule has 3 N–H and O–H groups in total. The lowest BCUT2D eigenvalue weighted by atomic mass is 10.1. The standard InChI is InChI=1S/C11H18N4/c1-2-9(5-8-3-4-8)15-11-10(12)6-13-7-14-11/h6-9H,2-5,12H2,1H3,(H,13,14,15). The van der Waals surface area contributed by atoms with E-state index < -0.39 is 0 Å². The van der Waals surface area contributed by atoms with Crippen LogP contribution in [0.2, 0.25) is 0 Å². The maximum Gasteiger partial charge on any atom is 0.152 e. The Balaban J connectivity index is 1.95. The minimum atomic E-state index is 0.495. The van der Waals surface area contributed by atoms with Gasteiger partial charge in [0.1, 0.15) is 6.33 Å². The predicted molar refractivity (Wildman–Crippen MR) is 61.5 cm³/mol. The predicted octanol–water partition coefficient (Wildman–Crippen LogP) is 2.05. The van der Waals surface area contributed by atoms with Crippen LogP contribution in [0.5, 0.6) is 0 Å². The molecule has 1 atom stereocenters. The maximum absolute atomic E-state index is 5.78. The third kappa shape index (κ3) is 2.81. The van der Waals surface area contributed by atoms with Gasteiger partial charge in [-0.1, -0.05) is 19.8 Å². The van der Waals surface area contributed by atoms with Crippen molar-refractivity contribution in [3.05, 3.63) is 12.5 Å². The summed E-state index contributed by atoms with van der Waals surface area (Å²) in [5, 5.41) is 3.39. The summed E-state index contributed by atoms with van der Waals surface area (Å²) in [5.74, 6) is 1.70. The number of nitrogens with one attached hydrogen (secondary N) is 1.